The molecule has 1 saturated carbocycles. The quantitative estimate of drug-likeness (QED) is 0.808. The smallest absolute Gasteiger partial charge is 0.261 e. The normalized spacial score (nSPS) is 20.2. The van der Waals surface area contributed by atoms with E-state index in [0.717, 1.165) is 25.7 Å². The molecular formula is C17H21ClN4O2S. The van der Waals surface area contributed by atoms with Crippen LogP contribution in [0.5, 0.6) is 0 Å². The lowest BCUT2D eigenvalue weighted by Gasteiger charge is -2.28. The second kappa shape index (κ2) is 8.49. The molecule has 2 heterocycles. The number of nitrogens with zero attached hydrogens (tertiary/aromatic N) is 2. The van der Waals surface area contributed by atoms with Crippen LogP contribution in [0.4, 0.5) is 0 Å². The van der Waals surface area contributed by atoms with E-state index in [1.165, 1.54) is 11.3 Å². The number of nitrogens with one attached hydrogen (secondary N) is 2. The Bertz CT molecular complexity index is 708. The van der Waals surface area contributed by atoms with Gasteiger partial charge >= 0.3 is 0 Å². The van der Waals surface area contributed by atoms with Crippen molar-refractivity contribution in [3.63, 3.8) is 0 Å². The first-order chi connectivity index (χ1) is 12.1. The lowest BCUT2D eigenvalue weighted by molar-refractivity contribution is -0.126. The van der Waals surface area contributed by atoms with Gasteiger partial charge in [-0.3, -0.25) is 14.3 Å². The van der Waals surface area contributed by atoms with Crippen molar-refractivity contribution in [1.82, 2.24) is 20.4 Å². The number of hydrogen-bond donors (Lipinski definition) is 2. The van der Waals surface area contributed by atoms with Gasteiger partial charge in [-0.1, -0.05) is 11.6 Å². The Morgan fingerprint density at radius 1 is 1.28 bits per heavy atom. The molecular weight excluding hydrogens is 360 g/mol. The molecule has 6 nitrogen and oxygen atoms in total. The molecule has 1 fully saturated rings. The van der Waals surface area contributed by atoms with Gasteiger partial charge in [-0.15, -0.1) is 11.3 Å². The number of aromatic nitrogens is 2. The van der Waals surface area contributed by atoms with Crippen LogP contribution in [-0.4, -0.2) is 34.2 Å². The average molecular weight is 381 g/mol. The summed E-state index contributed by atoms with van der Waals surface area (Å²) < 4.78 is 2.41. The molecule has 3 rings (SSSR count). The van der Waals surface area contributed by atoms with Crippen molar-refractivity contribution in [2.75, 3.05) is 6.54 Å². The zero-order valence-corrected chi connectivity index (χ0v) is 15.4. The van der Waals surface area contributed by atoms with E-state index in [0.29, 0.717) is 22.3 Å². The summed E-state index contributed by atoms with van der Waals surface area (Å²) in [7, 11) is 0. The Morgan fingerprint density at radius 3 is 2.72 bits per heavy atom. The van der Waals surface area contributed by atoms with Gasteiger partial charge in [-0.2, -0.15) is 5.10 Å². The third kappa shape index (κ3) is 5.06. The van der Waals surface area contributed by atoms with Gasteiger partial charge < -0.3 is 10.6 Å². The lowest BCUT2D eigenvalue weighted by Crippen LogP contribution is -2.41. The summed E-state index contributed by atoms with van der Waals surface area (Å²) in [6.07, 6.45) is 6.83. The summed E-state index contributed by atoms with van der Waals surface area (Å²) in [6, 6.07) is 5.45. The predicted octanol–water partition coefficient (Wildman–Crippen LogP) is 2.70. The van der Waals surface area contributed by atoms with Crippen molar-refractivity contribution < 1.29 is 9.59 Å². The molecule has 2 aromatic heterocycles. The Hall–Kier alpha value is -1.86. The van der Waals surface area contributed by atoms with E-state index in [1.54, 1.807) is 23.0 Å². The number of rotatable bonds is 6. The van der Waals surface area contributed by atoms with E-state index in [4.69, 9.17) is 11.6 Å². The third-order valence-corrected chi connectivity index (χ3v) is 5.66. The van der Waals surface area contributed by atoms with Crippen molar-refractivity contribution in [2.24, 2.45) is 5.92 Å². The first-order valence-corrected chi connectivity index (χ1v) is 9.62. The summed E-state index contributed by atoms with van der Waals surface area (Å²) in [5.74, 6) is 0.0490. The highest BCUT2D eigenvalue weighted by Gasteiger charge is 2.27. The van der Waals surface area contributed by atoms with Gasteiger partial charge in [0.1, 0.15) is 0 Å². The second-order valence-electron chi connectivity index (χ2n) is 6.19. The largest absolute Gasteiger partial charge is 0.354 e. The van der Waals surface area contributed by atoms with Gasteiger partial charge in [0, 0.05) is 30.9 Å². The van der Waals surface area contributed by atoms with Crippen LogP contribution in [0, 0.1) is 5.92 Å². The minimum absolute atomic E-state index is 0.0296. The predicted molar refractivity (Wildman–Crippen MR) is 97.8 cm³/mol. The molecule has 0 bridgehead atoms. The molecule has 8 heteroatoms. The molecule has 0 aromatic carbocycles. The number of amides is 2. The van der Waals surface area contributed by atoms with Gasteiger partial charge in [0.2, 0.25) is 5.91 Å². The van der Waals surface area contributed by atoms with E-state index >= 15 is 0 Å². The molecule has 1 aliphatic carbocycles. The zero-order chi connectivity index (χ0) is 17.6. The molecule has 0 atom stereocenters. The maximum absolute atomic E-state index is 12.2. The Kier molecular flexibility index (Phi) is 6.09. The van der Waals surface area contributed by atoms with Crippen LogP contribution >= 0.6 is 22.9 Å². The second-order valence-corrected chi connectivity index (χ2v) is 7.90. The van der Waals surface area contributed by atoms with E-state index in [1.807, 2.05) is 12.3 Å². The van der Waals surface area contributed by atoms with Crippen LogP contribution in [0.1, 0.15) is 35.4 Å². The Balaban J connectivity index is 1.37. The maximum atomic E-state index is 12.2. The standard InChI is InChI=1S/C17H21ClN4O2S/c18-15-7-6-14(25-15)17(24)21-13-4-2-12(3-5-13)16(23)19-9-11-22-10-1-8-20-22/h1,6-8,10,12-13H,2-5,9,11H2,(H,19,23)(H,21,24). The molecule has 0 radical (unpaired) electrons. The Labute approximate surface area is 155 Å². The Morgan fingerprint density at radius 2 is 2.08 bits per heavy atom. The highest BCUT2D eigenvalue weighted by molar-refractivity contribution is 7.17. The molecule has 2 amide bonds. The van der Waals surface area contributed by atoms with Crippen molar-refractivity contribution in [3.8, 4) is 0 Å². The fourth-order valence-corrected chi connectivity index (χ4v) is 4.01. The number of hydrogen-bond acceptors (Lipinski definition) is 4. The number of carbonyl (C=O) groups excluding carboxylic acids is 2. The van der Waals surface area contributed by atoms with Gasteiger partial charge in [-0.05, 0) is 43.9 Å². The average Bonchev–Trinajstić information content (AvgIpc) is 3.27. The monoisotopic (exact) mass is 380 g/mol. The molecule has 0 unspecified atom stereocenters. The summed E-state index contributed by atoms with van der Waals surface area (Å²) >= 11 is 7.14. The lowest BCUT2D eigenvalue weighted by atomic mass is 9.85. The van der Waals surface area contributed by atoms with E-state index in [9.17, 15) is 9.59 Å². The molecule has 2 aromatic rings. The third-order valence-electron chi connectivity index (χ3n) is 4.43. The molecule has 25 heavy (non-hydrogen) atoms. The minimum atomic E-state index is -0.0796. The first-order valence-electron chi connectivity index (χ1n) is 8.43. The molecule has 1 aliphatic rings. The summed E-state index contributed by atoms with van der Waals surface area (Å²) in [5.41, 5.74) is 0. The SMILES string of the molecule is O=C(NC1CCC(C(=O)NCCn2cccn2)CC1)c1ccc(Cl)s1. The number of carbonyl (C=O) groups is 2. The van der Waals surface area contributed by atoms with E-state index < -0.39 is 0 Å². The van der Waals surface area contributed by atoms with Gasteiger partial charge in [-0.25, -0.2) is 0 Å². The highest BCUT2D eigenvalue weighted by Crippen LogP contribution is 2.26. The summed E-state index contributed by atoms with van der Waals surface area (Å²) in [6.45, 7) is 1.25. The molecule has 0 saturated heterocycles. The van der Waals surface area contributed by atoms with Crippen molar-refractivity contribution >= 4 is 34.8 Å². The van der Waals surface area contributed by atoms with Gasteiger partial charge in [0.05, 0.1) is 15.8 Å². The topological polar surface area (TPSA) is 76.0 Å². The fourth-order valence-electron chi connectivity index (χ4n) is 3.06. The van der Waals surface area contributed by atoms with Crippen LogP contribution in [0.15, 0.2) is 30.6 Å². The van der Waals surface area contributed by atoms with Gasteiger partial charge in [0.25, 0.3) is 5.91 Å². The first kappa shape index (κ1) is 17.9. The number of thiophene rings is 1. The zero-order valence-electron chi connectivity index (χ0n) is 13.8. The van der Waals surface area contributed by atoms with E-state index in [2.05, 4.69) is 15.7 Å². The van der Waals surface area contributed by atoms with Gasteiger partial charge in [0.15, 0.2) is 0 Å². The van der Waals surface area contributed by atoms with Crippen LogP contribution in [-0.2, 0) is 11.3 Å². The van der Waals surface area contributed by atoms with Crippen LogP contribution in [0.2, 0.25) is 4.34 Å². The fraction of sp³-hybridized carbons (Fsp3) is 0.471. The molecule has 2 N–H and O–H groups in total. The van der Waals surface area contributed by atoms with Crippen LogP contribution in [0.25, 0.3) is 0 Å². The summed E-state index contributed by atoms with van der Waals surface area (Å²) in [4.78, 5) is 25.0. The van der Waals surface area contributed by atoms with Crippen LogP contribution in [0.3, 0.4) is 0 Å². The van der Waals surface area contributed by atoms with Crippen LogP contribution < -0.4 is 10.6 Å². The summed E-state index contributed by atoms with van der Waals surface area (Å²) in [5, 5.41) is 10.1. The maximum Gasteiger partial charge on any atom is 0.261 e. The molecule has 134 valence electrons. The van der Waals surface area contributed by atoms with Crippen molar-refractivity contribution in [3.05, 3.63) is 39.8 Å². The highest BCUT2D eigenvalue weighted by atomic mass is 35.5. The number of halogens is 1. The molecule has 0 aliphatic heterocycles. The van der Waals surface area contributed by atoms with Crippen molar-refractivity contribution in [1.29, 1.82) is 0 Å². The molecule has 0 spiro atoms. The van der Waals surface area contributed by atoms with Crippen molar-refractivity contribution in [2.45, 2.75) is 38.3 Å². The van der Waals surface area contributed by atoms with E-state index in [-0.39, 0.29) is 23.8 Å². The minimum Gasteiger partial charge on any atom is -0.354 e.